The number of H-pyrrole nitrogens is 1. The molecule has 27 heavy (non-hydrogen) atoms. The first-order valence-corrected chi connectivity index (χ1v) is 9.82. The predicted octanol–water partition coefficient (Wildman–Crippen LogP) is 0.519. The Balaban J connectivity index is 0.000000527. The molecule has 0 radical (unpaired) electrons. The molecule has 0 fully saturated rings. The van der Waals surface area contributed by atoms with Crippen LogP contribution in [0.2, 0.25) is 0 Å². The number of carbonyl (C=O) groups is 2. The Bertz CT molecular complexity index is 877. The van der Waals surface area contributed by atoms with Crippen molar-refractivity contribution in [1.29, 1.82) is 0 Å². The second-order valence-electron chi connectivity index (χ2n) is 6.13. The summed E-state index contributed by atoms with van der Waals surface area (Å²) in [6, 6.07) is 6.11. The van der Waals surface area contributed by atoms with Crippen LogP contribution in [0.3, 0.4) is 0 Å². The van der Waals surface area contributed by atoms with Crippen LogP contribution in [0, 0.1) is 0 Å². The molecule has 1 heterocycles. The van der Waals surface area contributed by atoms with Crippen molar-refractivity contribution < 1.29 is 28.2 Å². The Kier molecular flexibility index (Phi) is 8.41. The van der Waals surface area contributed by atoms with Crippen LogP contribution in [0.4, 0.5) is 0 Å². The first kappa shape index (κ1) is 22.6. The minimum atomic E-state index is -3.15. The molecule has 2 aromatic rings. The van der Waals surface area contributed by atoms with E-state index in [4.69, 9.17) is 19.8 Å². The number of carboxylic acids is 2. The highest BCUT2D eigenvalue weighted by atomic mass is 32.2. The summed E-state index contributed by atoms with van der Waals surface area (Å²) in [5, 5.41) is 16.0. The van der Waals surface area contributed by atoms with E-state index in [9.17, 15) is 8.42 Å². The van der Waals surface area contributed by atoms with Gasteiger partial charge in [0, 0.05) is 23.6 Å². The summed E-state index contributed by atoms with van der Waals surface area (Å²) in [4.78, 5) is 23.6. The van der Waals surface area contributed by atoms with E-state index < -0.39 is 22.0 Å². The minimum absolute atomic E-state index is 0.118. The molecule has 0 saturated carbocycles. The van der Waals surface area contributed by atoms with Gasteiger partial charge in [-0.3, -0.25) is 0 Å². The van der Waals surface area contributed by atoms with Crippen LogP contribution in [-0.4, -0.2) is 73.9 Å². The van der Waals surface area contributed by atoms with Crippen molar-refractivity contribution in [2.45, 2.75) is 12.8 Å². The van der Waals surface area contributed by atoms with Gasteiger partial charge in [-0.2, -0.15) is 0 Å². The normalized spacial score (nSPS) is 11.3. The lowest BCUT2D eigenvalue weighted by Crippen LogP contribution is -2.23. The van der Waals surface area contributed by atoms with Crippen molar-refractivity contribution in [3.05, 3.63) is 35.5 Å². The van der Waals surface area contributed by atoms with E-state index in [1.807, 2.05) is 18.3 Å². The highest BCUT2D eigenvalue weighted by Crippen LogP contribution is 2.21. The number of sulfonamides is 1. The molecule has 10 heteroatoms. The van der Waals surface area contributed by atoms with Gasteiger partial charge in [0.15, 0.2) is 0 Å². The summed E-state index contributed by atoms with van der Waals surface area (Å²) in [7, 11) is 2.41. The second kappa shape index (κ2) is 10.0. The van der Waals surface area contributed by atoms with Gasteiger partial charge < -0.3 is 20.1 Å². The number of rotatable bonds is 7. The molecule has 4 N–H and O–H groups in total. The standard InChI is InChI=1S/C15H23N3O2S.C2H2O4/c1-16-21(19,20)9-7-12-4-5-15-14(10-12)13(11-17-15)6-8-18(2)3;3-1(4)2(5)6/h4-5,10-11,16-17H,6-9H2,1-3H3;(H,3,4)(H,5,6). The fraction of sp³-hybridized carbons (Fsp3) is 0.412. The zero-order chi connectivity index (χ0) is 20.6. The number of nitrogens with one attached hydrogen (secondary N) is 2. The number of likely N-dealkylation sites (N-methyl/N-ethyl adjacent to an activating group) is 1. The number of carboxylic acid groups (broad SMARTS) is 2. The van der Waals surface area contributed by atoms with Gasteiger partial charge in [-0.1, -0.05) is 6.07 Å². The summed E-state index contributed by atoms with van der Waals surface area (Å²) >= 11 is 0. The van der Waals surface area contributed by atoms with Crippen molar-refractivity contribution in [3.63, 3.8) is 0 Å². The van der Waals surface area contributed by atoms with E-state index >= 15 is 0 Å². The van der Waals surface area contributed by atoms with Crippen LogP contribution in [0.15, 0.2) is 24.4 Å². The number of aromatic nitrogens is 1. The SMILES string of the molecule is CNS(=O)(=O)CCc1ccc2[nH]cc(CCN(C)C)c2c1.O=C(O)C(=O)O. The van der Waals surface area contributed by atoms with Crippen molar-refractivity contribution in [2.75, 3.05) is 33.4 Å². The molecule has 150 valence electrons. The monoisotopic (exact) mass is 399 g/mol. The Hall–Kier alpha value is -2.43. The average Bonchev–Trinajstić information content (AvgIpc) is 3.01. The van der Waals surface area contributed by atoms with E-state index in [0.717, 1.165) is 24.0 Å². The molecule has 0 bridgehead atoms. The van der Waals surface area contributed by atoms with Crippen LogP contribution in [-0.2, 0) is 32.5 Å². The molecule has 2 rings (SSSR count). The number of fused-ring (bicyclic) bond motifs is 1. The van der Waals surface area contributed by atoms with Gasteiger partial charge in [-0.25, -0.2) is 22.7 Å². The lowest BCUT2D eigenvalue weighted by molar-refractivity contribution is -0.159. The number of nitrogens with zero attached hydrogens (tertiary/aromatic N) is 1. The van der Waals surface area contributed by atoms with Gasteiger partial charge in [0.25, 0.3) is 0 Å². The predicted molar refractivity (Wildman–Crippen MR) is 102 cm³/mol. The van der Waals surface area contributed by atoms with Gasteiger partial charge in [0.05, 0.1) is 5.75 Å². The third-order valence-electron chi connectivity index (χ3n) is 3.81. The molecular formula is C17H25N3O6S. The first-order valence-electron chi connectivity index (χ1n) is 8.16. The van der Waals surface area contributed by atoms with Crippen LogP contribution in [0.1, 0.15) is 11.1 Å². The fourth-order valence-electron chi connectivity index (χ4n) is 2.29. The Morgan fingerprint density at radius 2 is 1.78 bits per heavy atom. The van der Waals surface area contributed by atoms with Crippen molar-refractivity contribution >= 4 is 32.9 Å². The van der Waals surface area contributed by atoms with E-state index in [1.165, 1.54) is 18.0 Å². The molecule has 0 aliphatic rings. The third-order valence-corrected chi connectivity index (χ3v) is 5.18. The van der Waals surface area contributed by atoms with Gasteiger partial charge in [0.1, 0.15) is 0 Å². The summed E-state index contributed by atoms with van der Waals surface area (Å²) < 4.78 is 25.4. The van der Waals surface area contributed by atoms with E-state index in [-0.39, 0.29) is 5.75 Å². The summed E-state index contributed by atoms with van der Waals surface area (Å²) in [5.74, 6) is -3.53. The lowest BCUT2D eigenvalue weighted by Gasteiger charge is -2.08. The van der Waals surface area contributed by atoms with Crippen molar-refractivity contribution in [1.82, 2.24) is 14.6 Å². The number of benzene rings is 1. The first-order chi connectivity index (χ1) is 12.6. The van der Waals surface area contributed by atoms with E-state index in [1.54, 1.807) is 0 Å². The molecule has 1 aromatic carbocycles. The zero-order valence-corrected chi connectivity index (χ0v) is 16.3. The zero-order valence-electron chi connectivity index (χ0n) is 15.5. The highest BCUT2D eigenvalue weighted by Gasteiger charge is 2.09. The minimum Gasteiger partial charge on any atom is -0.473 e. The summed E-state index contributed by atoms with van der Waals surface area (Å²) in [6.45, 7) is 0.991. The molecule has 0 aliphatic heterocycles. The largest absolute Gasteiger partial charge is 0.473 e. The number of aryl methyl sites for hydroxylation is 1. The highest BCUT2D eigenvalue weighted by molar-refractivity contribution is 7.89. The molecule has 1 aromatic heterocycles. The number of hydrogen-bond donors (Lipinski definition) is 4. The Morgan fingerprint density at radius 3 is 2.30 bits per heavy atom. The number of aliphatic carboxylic acids is 2. The maximum absolute atomic E-state index is 11.5. The fourth-order valence-corrected chi connectivity index (χ4v) is 2.99. The second-order valence-corrected chi connectivity index (χ2v) is 8.18. The van der Waals surface area contributed by atoms with Crippen LogP contribution < -0.4 is 4.72 Å². The van der Waals surface area contributed by atoms with Crippen LogP contribution in [0.25, 0.3) is 10.9 Å². The molecule has 0 unspecified atom stereocenters. The Morgan fingerprint density at radius 1 is 1.15 bits per heavy atom. The lowest BCUT2D eigenvalue weighted by atomic mass is 10.1. The summed E-state index contributed by atoms with van der Waals surface area (Å²) in [6.07, 6.45) is 3.55. The van der Waals surface area contributed by atoms with Gasteiger partial charge in [0.2, 0.25) is 10.0 Å². The molecule has 0 atom stereocenters. The average molecular weight is 399 g/mol. The van der Waals surface area contributed by atoms with Gasteiger partial charge in [-0.15, -0.1) is 0 Å². The van der Waals surface area contributed by atoms with Gasteiger partial charge >= 0.3 is 11.9 Å². The number of hydrogen-bond acceptors (Lipinski definition) is 5. The van der Waals surface area contributed by atoms with Crippen molar-refractivity contribution in [2.24, 2.45) is 0 Å². The van der Waals surface area contributed by atoms with E-state index in [2.05, 4.69) is 34.8 Å². The number of aromatic amines is 1. The molecule has 0 saturated heterocycles. The molecule has 0 aliphatic carbocycles. The van der Waals surface area contributed by atoms with Gasteiger partial charge in [-0.05, 0) is 57.2 Å². The molecule has 0 amide bonds. The maximum Gasteiger partial charge on any atom is 0.414 e. The Labute approximate surface area is 158 Å². The van der Waals surface area contributed by atoms with E-state index in [0.29, 0.717) is 6.42 Å². The topological polar surface area (TPSA) is 140 Å². The van der Waals surface area contributed by atoms with Crippen LogP contribution >= 0.6 is 0 Å². The maximum atomic E-state index is 11.5. The quantitative estimate of drug-likeness (QED) is 0.498. The van der Waals surface area contributed by atoms with Crippen molar-refractivity contribution in [3.8, 4) is 0 Å². The molecule has 9 nitrogen and oxygen atoms in total. The third kappa shape index (κ3) is 7.77. The molecule has 0 spiro atoms. The summed E-state index contributed by atoms with van der Waals surface area (Å²) in [5.41, 5.74) is 3.42. The smallest absolute Gasteiger partial charge is 0.414 e. The van der Waals surface area contributed by atoms with Crippen LogP contribution in [0.5, 0.6) is 0 Å². The molecular weight excluding hydrogens is 374 g/mol.